The molecule has 1 fully saturated rings. The molecule has 1 heterocycles. The van der Waals surface area contributed by atoms with Gasteiger partial charge in [0.25, 0.3) is 0 Å². The lowest BCUT2D eigenvalue weighted by Gasteiger charge is -2.30. The molecule has 7 heteroatoms. The summed E-state index contributed by atoms with van der Waals surface area (Å²) < 4.78 is 14.2. The van der Waals surface area contributed by atoms with Crippen molar-refractivity contribution in [3.8, 4) is 0 Å². The van der Waals surface area contributed by atoms with Crippen molar-refractivity contribution in [1.82, 2.24) is 20.2 Å². The molecule has 1 aliphatic carbocycles. The Morgan fingerprint density at radius 2 is 2.21 bits per heavy atom. The Labute approximate surface area is 170 Å². The van der Waals surface area contributed by atoms with Crippen molar-refractivity contribution >= 4 is 16.8 Å². The molecule has 0 amide bonds. The van der Waals surface area contributed by atoms with Crippen LogP contribution < -0.4 is 10.6 Å². The summed E-state index contributed by atoms with van der Waals surface area (Å²) in [5, 5.41) is 7.26. The number of imidazole rings is 1. The van der Waals surface area contributed by atoms with E-state index in [-0.39, 0.29) is 0 Å². The van der Waals surface area contributed by atoms with Gasteiger partial charge in [-0.15, -0.1) is 0 Å². The molecule has 0 saturated heterocycles. The molecule has 1 aliphatic rings. The lowest BCUT2D eigenvalue weighted by Crippen LogP contribution is -2.46. The molecule has 3 rings (SSSR count). The summed E-state index contributed by atoms with van der Waals surface area (Å²) in [6.45, 7) is 3.54. The number of hydrogen-bond donors (Lipinski definition) is 2. The summed E-state index contributed by atoms with van der Waals surface area (Å²) in [4.78, 5) is 8.47. The monoisotopic (exact) mass is 401 g/mol. The molecule has 0 bridgehead atoms. The molecule has 1 aromatic heterocycles. The van der Waals surface area contributed by atoms with E-state index in [2.05, 4.69) is 49.4 Å². The summed E-state index contributed by atoms with van der Waals surface area (Å²) in [6, 6.07) is 8.89. The van der Waals surface area contributed by atoms with Crippen LogP contribution >= 0.6 is 0 Å². The average molecular weight is 402 g/mol. The fourth-order valence-corrected chi connectivity index (χ4v) is 5.10. The number of aromatic nitrogens is 2. The van der Waals surface area contributed by atoms with E-state index in [4.69, 9.17) is 0 Å². The van der Waals surface area contributed by atoms with Crippen molar-refractivity contribution < 1.29 is 4.21 Å². The van der Waals surface area contributed by atoms with Gasteiger partial charge >= 0.3 is 0 Å². The third kappa shape index (κ3) is 5.92. The van der Waals surface area contributed by atoms with Gasteiger partial charge in [0.2, 0.25) is 0 Å². The highest BCUT2D eigenvalue weighted by Gasteiger charge is 2.25. The zero-order valence-corrected chi connectivity index (χ0v) is 17.6. The van der Waals surface area contributed by atoms with Crippen LogP contribution in [0, 0.1) is 0 Å². The predicted octanol–water partition coefficient (Wildman–Crippen LogP) is 2.68. The molecular formula is C21H31N5OS. The van der Waals surface area contributed by atoms with E-state index in [1.807, 2.05) is 19.4 Å². The van der Waals surface area contributed by atoms with Gasteiger partial charge in [0.05, 0.1) is 6.33 Å². The normalized spacial score (nSPS) is 21.3. The Morgan fingerprint density at radius 1 is 1.36 bits per heavy atom. The van der Waals surface area contributed by atoms with E-state index in [1.54, 1.807) is 13.2 Å². The number of hydrogen-bond acceptors (Lipinski definition) is 3. The first kappa shape index (κ1) is 20.6. The average Bonchev–Trinajstić information content (AvgIpc) is 3.24. The van der Waals surface area contributed by atoms with Crippen molar-refractivity contribution in [1.29, 1.82) is 0 Å². The third-order valence-corrected chi connectivity index (χ3v) is 6.96. The molecule has 0 radical (unpaired) electrons. The number of benzene rings is 1. The van der Waals surface area contributed by atoms with Gasteiger partial charge in [-0.25, -0.2) is 4.98 Å². The lowest BCUT2D eigenvalue weighted by atomic mass is 9.95. The minimum Gasteiger partial charge on any atom is -0.354 e. The Kier molecular flexibility index (Phi) is 7.65. The highest BCUT2D eigenvalue weighted by molar-refractivity contribution is 7.85. The van der Waals surface area contributed by atoms with Crippen LogP contribution in [0.5, 0.6) is 0 Å². The molecular weight excluding hydrogens is 370 g/mol. The maximum absolute atomic E-state index is 12.2. The number of nitrogens with zero attached hydrogens (tertiary/aromatic N) is 3. The Balaban J connectivity index is 1.52. The van der Waals surface area contributed by atoms with Crippen LogP contribution in [0.1, 0.15) is 43.7 Å². The van der Waals surface area contributed by atoms with Gasteiger partial charge in [0.1, 0.15) is 0 Å². The predicted molar refractivity (Wildman–Crippen MR) is 116 cm³/mol. The van der Waals surface area contributed by atoms with Crippen LogP contribution in [-0.4, -0.2) is 43.8 Å². The second-order valence-electron chi connectivity index (χ2n) is 7.28. The highest BCUT2D eigenvalue weighted by atomic mass is 32.2. The minimum absolute atomic E-state index is 0.314. The molecule has 0 aliphatic heterocycles. The second-order valence-corrected chi connectivity index (χ2v) is 9.29. The van der Waals surface area contributed by atoms with Crippen LogP contribution in [0.4, 0.5) is 0 Å². The van der Waals surface area contributed by atoms with E-state index in [0.717, 1.165) is 43.9 Å². The molecule has 28 heavy (non-hydrogen) atoms. The Morgan fingerprint density at radius 3 is 2.96 bits per heavy atom. The summed E-state index contributed by atoms with van der Waals surface area (Å²) in [5.74, 6) is 1.56. The van der Waals surface area contributed by atoms with Gasteiger partial charge in [-0.3, -0.25) is 9.20 Å². The van der Waals surface area contributed by atoms with Gasteiger partial charge in [-0.05, 0) is 30.4 Å². The SMILES string of the molecule is CCS(=O)C1CCCC(NC(=NC)NCc2cccc(Cn3ccnc3)c2)C1. The standard InChI is InChI=1S/C21H31N5OS/c1-3-28(27)20-9-5-8-19(13-20)25-21(22-2)24-14-17-6-4-7-18(12-17)15-26-11-10-23-16-26/h4,6-7,10-12,16,19-20H,3,5,8-9,13-15H2,1-2H3,(H2,22,24,25). The molecule has 3 unspecified atom stereocenters. The molecule has 6 nitrogen and oxygen atoms in total. The van der Waals surface area contributed by atoms with Crippen molar-refractivity contribution in [2.24, 2.45) is 4.99 Å². The largest absolute Gasteiger partial charge is 0.354 e. The van der Waals surface area contributed by atoms with Gasteiger partial charge < -0.3 is 15.2 Å². The molecule has 1 saturated carbocycles. The maximum Gasteiger partial charge on any atom is 0.191 e. The summed E-state index contributed by atoms with van der Waals surface area (Å²) in [7, 11) is 1.09. The van der Waals surface area contributed by atoms with Crippen molar-refractivity contribution in [3.63, 3.8) is 0 Å². The zero-order chi connectivity index (χ0) is 19.8. The quantitative estimate of drug-likeness (QED) is 0.553. The smallest absolute Gasteiger partial charge is 0.191 e. The summed E-state index contributed by atoms with van der Waals surface area (Å²) >= 11 is 0. The van der Waals surface area contributed by atoms with E-state index in [0.29, 0.717) is 17.8 Å². The van der Waals surface area contributed by atoms with Crippen molar-refractivity contribution in [2.75, 3.05) is 12.8 Å². The Hall–Kier alpha value is -2.15. The lowest BCUT2D eigenvalue weighted by molar-refractivity contribution is 0.413. The van der Waals surface area contributed by atoms with Crippen LogP contribution in [0.3, 0.4) is 0 Å². The third-order valence-electron chi connectivity index (χ3n) is 5.22. The second kappa shape index (κ2) is 10.4. The number of aliphatic imine (C=N–C) groups is 1. The first-order valence-corrected chi connectivity index (χ1v) is 11.4. The molecule has 2 aromatic rings. The van der Waals surface area contributed by atoms with Crippen molar-refractivity contribution in [2.45, 2.75) is 57.0 Å². The number of nitrogens with one attached hydrogen (secondary N) is 2. The molecule has 0 spiro atoms. The fourth-order valence-electron chi connectivity index (χ4n) is 3.75. The highest BCUT2D eigenvalue weighted by Crippen LogP contribution is 2.23. The van der Waals surface area contributed by atoms with Crippen molar-refractivity contribution in [3.05, 3.63) is 54.1 Å². The van der Waals surface area contributed by atoms with Crippen LogP contribution in [0.2, 0.25) is 0 Å². The van der Waals surface area contributed by atoms with E-state index in [9.17, 15) is 4.21 Å². The van der Waals surface area contributed by atoms with Gasteiger partial charge in [-0.2, -0.15) is 0 Å². The maximum atomic E-state index is 12.2. The van der Waals surface area contributed by atoms with Gasteiger partial charge in [-0.1, -0.05) is 37.6 Å². The summed E-state index contributed by atoms with van der Waals surface area (Å²) in [5.41, 5.74) is 2.46. The topological polar surface area (TPSA) is 71.3 Å². The Bertz CT molecular complexity index is 790. The number of rotatable bonds is 7. The molecule has 3 atom stereocenters. The van der Waals surface area contributed by atoms with E-state index >= 15 is 0 Å². The minimum atomic E-state index is -0.708. The molecule has 152 valence electrons. The van der Waals surface area contributed by atoms with Crippen LogP contribution in [0.15, 0.2) is 48.0 Å². The van der Waals surface area contributed by atoms with E-state index in [1.165, 1.54) is 11.1 Å². The fraction of sp³-hybridized carbons (Fsp3) is 0.524. The first-order chi connectivity index (χ1) is 13.7. The first-order valence-electron chi connectivity index (χ1n) is 10.1. The number of guanidine groups is 1. The van der Waals surface area contributed by atoms with Gasteiger partial charge in [0.15, 0.2) is 5.96 Å². The van der Waals surface area contributed by atoms with Crippen LogP contribution in [0.25, 0.3) is 0 Å². The molecule has 2 N–H and O–H groups in total. The van der Waals surface area contributed by atoms with Crippen LogP contribution in [-0.2, 0) is 23.9 Å². The molecule has 1 aromatic carbocycles. The zero-order valence-electron chi connectivity index (χ0n) is 16.8. The summed E-state index contributed by atoms with van der Waals surface area (Å²) in [6.07, 6.45) is 9.88. The van der Waals surface area contributed by atoms with E-state index < -0.39 is 10.8 Å². The van der Waals surface area contributed by atoms with Gasteiger partial charge in [0, 0.05) is 60.4 Å².